The Morgan fingerprint density at radius 3 is 2.59 bits per heavy atom. The van der Waals surface area contributed by atoms with Gasteiger partial charge in [-0.15, -0.1) is 0 Å². The van der Waals surface area contributed by atoms with Crippen LogP contribution in [0.2, 0.25) is 0 Å². The number of carbonyl (C=O) groups excluding carboxylic acids is 1. The van der Waals surface area contributed by atoms with E-state index < -0.39 is 5.60 Å². The van der Waals surface area contributed by atoms with E-state index in [9.17, 15) is 4.79 Å². The summed E-state index contributed by atoms with van der Waals surface area (Å²) >= 11 is 0. The second kappa shape index (κ2) is 8.76. The quantitative estimate of drug-likeness (QED) is 0.771. The summed E-state index contributed by atoms with van der Waals surface area (Å²) in [5, 5.41) is 3.71. The molecule has 0 radical (unpaired) electrons. The molecule has 130 valence electrons. The molecule has 0 saturated carbocycles. The number of nitrogens with zero attached hydrogens (tertiary/aromatic N) is 1. The minimum Gasteiger partial charge on any atom is -0.444 e. The first-order valence-electron chi connectivity index (χ1n) is 8.98. The Balaban J connectivity index is 2.57. The highest BCUT2D eigenvalue weighted by Crippen LogP contribution is 2.26. The standard InChI is InChI=1S/C18H36N2O2/c1-7-10-19-16(12-14(3)8-2)15-9-11-20(13-15)17(21)22-18(4,5)6/h14-16,19H,7-13H2,1-6H3. The van der Waals surface area contributed by atoms with E-state index in [-0.39, 0.29) is 6.09 Å². The maximum absolute atomic E-state index is 12.2. The van der Waals surface area contributed by atoms with Crippen LogP contribution in [0.1, 0.15) is 67.2 Å². The Hall–Kier alpha value is -0.770. The van der Waals surface area contributed by atoms with E-state index in [0.29, 0.717) is 12.0 Å². The molecule has 22 heavy (non-hydrogen) atoms. The van der Waals surface area contributed by atoms with Crippen molar-refractivity contribution < 1.29 is 9.53 Å². The van der Waals surface area contributed by atoms with Crippen molar-refractivity contribution in [2.75, 3.05) is 19.6 Å². The van der Waals surface area contributed by atoms with Crippen LogP contribution >= 0.6 is 0 Å². The van der Waals surface area contributed by atoms with Crippen molar-refractivity contribution in [1.82, 2.24) is 10.2 Å². The van der Waals surface area contributed by atoms with Crippen molar-refractivity contribution in [3.63, 3.8) is 0 Å². The lowest BCUT2D eigenvalue weighted by Gasteiger charge is -2.28. The van der Waals surface area contributed by atoms with Crippen molar-refractivity contribution in [2.45, 2.75) is 78.9 Å². The van der Waals surface area contributed by atoms with Crippen LogP contribution in [-0.4, -0.2) is 42.3 Å². The molecule has 0 bridgehead atoms. The molecular formula is C18H36N2O2. The zero-order valence-electron chi connectivity index (χ0n) is 15.4. The number of amides is 1. The highest BCUT2D eigenvalue weighted by molar-refractivity contribution is 5.68. The second-order valence-corrected chi connectivity index (χ2v) is 7.78. The van der Waals surface area contributed by atoms with Gasteiger partial charge in [0.25, 0.3) is 0 Å². The predicted octanol–water partition coefficient (Wildman–Crippen LogP) is 4.05. The summed E-state index contributed by atoms with van der Waals surface area (Å²) in [7, 11) is 0. The number of hydrogen-bond donors (Lipinski definition) is 1. The summed E-state index contributed by atoms with van der Waals surface area (Å²) in [5.74, 6) is 1.28. The maximum Gasteiger partial charge on any atom is 0.410 e. The van der Waals surface area contributed by atoms with Crippen LogP contribution in [0.4, 0.5) is 4.79 Å². The highest BCUT2D eigenvalue weighted by atomic mass is 16.6. The topological polar surface area (TPSA) is 41.6 Å². The van der Waals surface area contributed by atoms with Crippen LogP contribution < -0.4 is 5.32 Å². The molecule has 4 nitrogen and oxygen atoms in total. The number of hydrogen-bond acceptors (Lipinski definition) is 3. The molecule has 1 fully saturated rings. The molecule has 1 heterocycles. The van der Waals surface area contributed by atoms with Gasteiger partial charge in [-0.25, -0.2) is 4.79 Å². The Bertz CT molecular complexity index is 338. The summed E-state index contributed by atoms with van der Waals surface area (Å²) in [4.78, 5) is 14.1. The van der Waals surface area contributed by atoms with Crippen LogP contribution in [0.5, 0.6) is 0 Å². The van der Waals surface area contributed by atoms with Crippen LogP contribution in [0.15, 0.2) is 0 Å². The molecule has 3 unspecified atom stereocenters. The highest BCUT2D eigenvalue weighted by Gasteiger charge is 2.34. The Morgan fingerprint density at radius 1 is 1.36 bits per heavy atom. The van der Waals surface area contributed by atoms with Gasteiger partial charge in [-0.2, -0.15) is 0 Å². The lowest BCUT2D eigenvalue weighted by Crippen LogP contribution is -2.41. The molecule has 1 N–H and O–H groups in total. The van der Waals surface area contributed by atoms with Gasteiger partial charge in [-0.1, -0.05) is 27.2 Å². The van der Waals surface area contributed by atoms with E-state index in [0.717, 1.165) is 38.4 Å². The fourth-order valence-electron chi connectivity index (χ4n) is 2.98. The Morgan fingerprint density at radius 2 is 2.05 bits per heavy atom. The lowest BCUT2D eigenvalue weighted by molar-refractivity contribution is 0.0284. The van der Waals surface area contributed by atoms with Gasteiger partial charge in [0.2, 0.25) is 0 Å². The molecule has 1 rings (SSSR count). The van der Waals surface area contributed by atoms with Crippen LogP contribution in [0, 0.1) is 11.8 Å². The van der Waals surface area contributed by atoms with E-state index >= 15 is 0 Å². The average molecular weight is 312 g/mol. The van der Waals surface area contributed by atoms with Gasteiger partial charge in [-0.05, 0) is 58.4 Å². The third kappa shape index (κ3) is 6.55. The van der Waals surface area contributed by atoms with E-state index in [1.165, 1.54) is 12.8 Å². The Labute approximate surface area is 137 Å². The van der Waals surface area contributed by atoms with Gasteiger partial charge in [0.15, 0.2) is 0 Å². The Kier molecular flexibility index (Phi) is 7.67. The fourth-order valence-corrected chi connectivity index (χ4v) is 2.98. The van der Waals surface area contributed by atoms with Gasteiger partial charge in [0.05, 0.1) is 0 Å². The SMILES string of the molecule is CCCNC(CC(C)CC)C1CCN(C(=O)OC(C)(C)C)C1. The summed E-state index contributed by atoms with van der Waals surface area (Å²) < 4.78 is 5.50. The van der Waals surface area contributed by atoms with Crippen LogP contribution in [0.3, 0.4) is 0 Å². The molecule has 0 aromatic carbocycles. The van der Waals surface area contributed by atoms with Crippen LogP contribution in [-0.2, 0) is 4.74 Å². The summed E-state index contributed by atoms with van der Waals surface area (Å²) in [6.07, 6.45) is 4.49. The maximum atomic E-state index is 12.2. The van der Waals surface area contributed by atoms with Gasteiger partial charge < -0.3 is 15.0 Å². The van der Waals surface area contributed by atoms with Crippen molar-refractivity contribution >= 4 is 6.09 Å². The molecule has 4 heteroatoms. The zero-order chi connectivity index (χ0) is 16.8. The van der Waals surface area contributed by atoms with E-state index in [4.69, 9.17) is 4.74 Å². The molecule has 3 atom stereocenters. The predicted molar refractivity (Wildman–Crippen MR) is 92.1 cm³/mol. The first kappa shape index (κ1) is 19.3. The zero-order valence-corrected chi connectivity index (χ0v) is 15.4. The van der Waals surface area contributed by atoms with Gasteiger partial charge in [0.1, 0.15) is 5.60 Å². The largest absolute Gasteiger partial charge is 0.444 e. The van der Waals surface area contributed by atoms with E-state index in [2.05, 4.69) is 26.1 Å². The monoisotopic (exact) mass is 312 g/mol. The third-order valence-electron chi connectivity index (χ3n) is 4.46. The smallest absolute Gasteiger partial charge is 0.410 e. The first-order valence-corrected chi connectivity index (χ1v) is 8.98. The fraction of sp³-hybridized carbons (Fsp3) is 0.944. The minimum atomic E-state index is -0.411. The molecule has 1 amide bonds. The summed E-state index contributed by atoms with van der Waals surface area (Å²) in [5.41, 5.74) is -0.411. The van der Waals surface area contributed by atoms with Crippen molar-refractivity contribution in [3.8, 4) is 0 Å². The van der Waals surface area contributed by atoms with Gasteiger partial charge >= 0.3 is 6.09 Å². The van der Waals surface area contributed by atoms with Crippen molar-refractivity contribution in [1.29, 1.82) is 0 Å². The molecule has 1 saturated heterocycles. The van der Waals surface area contributed by atoms with Crippen molar-refractivity contribution in [2.24, 2.45) is 11.8 Å². The van der Waals surface area contributed by atoms with Crippen LogP contribution in [0.25, 0.3) is 0 Å². The molecular weight excluding hydrogens is 276 g/mol. The second-order valence-electron chi connectivity index (χ2n) is 7.78. The molecule has 0 spiro atoms. The molecule has 0 aromatic heterocycles. The molecule has 0 aromatic rings. The lowest BCUT2D eigenvalue weighted by atomic mass is 9.89. The number of nitrogens with one attached hydrogen (secondary N) is 1. The van der Waals surface area contributed by atoms with Gasteiger partial charge in [0, 0.05) is 19.1 Å². The summed E-state index contributed by atoms with van der Waals surface area (Å²) in [6.45, 7) is 15.3. The number of likely N-dealkylation sites (tertiary alicyclic amines) is 1. The number of rotatable bonds is 7. The number of ether oxygens (including phenoxy) is 1. The minimum absolute atomic E-state index is 0.159. The van der Waals surface area contributed by atoms with E-state index in [1.807, 2.05) is 25.7 Å². The normalized spacial score (nSPS) is 21.7. The molecule has 1 aliphatic heterocycles. The van der Waals surface area contributed by atoms with Gasteiger partial charge in [-0.3, -0.25) is 0 Å². The summed E-state index contributed by atoms with van der Waals surface area (Å²) in [6, 6.07) is 0.516. The average Bonchev–Trinajstić information content (AvgIpc) is 2.91. The third-order valence-corrected chi connectivity index (χ3v) is 4.46. The molecule has 0 aliphatic carbocycles. The first-order chi connectivity index (χ1) is 10.3. The molecule has 1 aliphatic rings. The van der Waals surface area contributed by atoms with Crippen molar-refractivity contribution in [3.05, 3.63) is 0 Å². The van der Waals surface area contributed by atoms with E-state index in [1.54, 1.807) is 0 Å². The number of carbonyl (C=O) groups is 1.